The van der Waals surface area contributed by atoms with Crippen LogP contribution in [0.15, 0.2) is 30.0 Å². The maximum absolute atomic E-state index is 11.1. The van der Waals surface area contributed by atoms with E-state index < -0.39 is 141 Å². The SMILES string of the molecule is OCC1OC(OC2=Cc3c(O)cc(OC4OC(CO)C(O)C(O)C4O)cc3[OH+]C2c2cc(O)c(O)c(OC3OC(CO)C(O)C(O)C3O)c2)C(O)C(O)C1O. The number of aromatic hydroxyl groups is 4. The normalized spacial score (nSPS) is 39.0. The number of hydrogen-bond acceptors (Lipinski definition) is 21. The van der Waals surface area contributed by atoms with E-state index in [1.165, 1.54) is 12.1 Å². The standard InChI is InChI=1S/C33H42O22/c34-6-17-21(40)24(43)27(46)31(53-17)49-10-3-12(37)11-5-16(52-33-29(48)26(45)23(42)19(8-36)55-33)30(50-14(11)4-10)9-1-13(38)20(39)15(2-9)51-32-28(47)25(44)22(41)18(7-35)54-32/h1-5,17-19,21-48H,6-8H2/p+1. The van der Waals surface area contributed by atoms with Crippen LogP contribution in [0.25, 0.3) is 6.08 Å². The lowest BCUT2D eigenvalue weighted by Crippen LogP contribution is -2.60. The number of aliphatic hydroxyl groups is 13. The van der Waals surface area contributed by atoms with Gasteiger partial charge in [0.2, 0.25) is 24.6 Å². The summed E-state index contributed by atoms with van der Waals surface area (Å²) in [6, 6.07) is 4.36. The number of phenolic OH excluding ortho intramolecular Hbond substituents is 3. The molecule has 2 aromatic carbocycles. The molecule has 0 amide bonds. The average molecular weight is 792 g/mol. The molecular weight excluding hydrogens is 748 g/mol. The molecule has 2 aromatic rings. The fourth-order valence-corrected chi connectivity index (χ4v) is 6.43. The van der Waals surface area contributed by atoms with Crippen molar-refractivity contribution in [3.8, 4) is 34.5 Å². The first kappa shape index (κ1) is 40.8. The van der Waals surface area contributed by atoms with Crippen molar-refractivity contribution >= 4 is 6.08 Å². The molecule has 0 aromatic heterocycles. The molecule has 22 nitrogen and oxygen atoms in total. The average Bonchev–Trinajstić information content (AvgIpc) is 3.16. The number of benzene rings is 2. The summed E-state index contributed by atoms with van der Waals surface area (Å²) in [6.07, 6.45) is -26.0. The Morgan fingerprint density at radius 3 is 1.49 bits per heavy atom. The highest BCUT2D eigenvalue weighted by molar-refractivity contribution is 5.70. The van der Waals surface area contributed by atoms with Gasteiger partial charge in [-0.1, -0.05) is 0 Å². The van der Waals surface area contributed by atoms with Crippen LogP contribution in [0.4, 0.5) is 0 Å². The van der Waals surface area contributed by atoms with Crippen LogP contribution in [-0.2, 0) is 18.9 Å². The molecule has 306 valence electrons. The van der Waals surface area contributed by atoms with E-state index in [0.29, 0.717) is 0 Å². The Labute approximate surface area is 309 Å². The Morgan fingerprint density at radius 1 is 0.527 bits per heavy atom. The van der Waals surface area contributed by atoms with Crippen LogP contribution in [0.1, 0.15) is 17.2 Å². The highest BCUT2D eigenvalue weighted by Crippen LogP contribution is 2.48. The zero-order chi connectivity index (χ0) is 40.0. The van der Waals surface area contributed by atoms with Gasteiger partial charge in [0.25, 0.3) is 11.9 Å². The van der Waals surface area contributed by atoms with E-state index in [9.17, 15) is 76.6 Å². The third-order valence-corrected chi connectivity index (χ3v) is 9.62. The lowest BCUT2D eigenvalue weighted by Gasteiger charge is -2.40. The second kappa shape index (κ2) is 16.3. The van der Waals surface area contributed by atoms with Gasteiger partial charge in [0.1, 0.15) is 90.3 Å². The second-order valence-corrected chi connectivity index (χ2v) is 13.3. The van der Waals surface area contributed by atoms with Gasteiger partial charge in [-0.3, -0.25) is 0 Å². The molecule has 16 N–H and O–H groups in total. The first-order valence-corrected chi connectivity index (χ1v) is 16.8. The predicted octanol–water partition coefficient (Wildman–Crippen LogP) is -5.69. The molecule has 0 saturated carbocycles. The highest BCUT2D eigenvalue weighted by Gasteiger charge is 2.49. The maximum Gasteiger partial charge on any atom is 0.270 e. The molecule has 3 fully saturated rings. The lowest BCUT2D eigenvalue weighted by atomic mass is 9.98. The number of rotatable bonds is 10. The monoisotopic (exact) mass is 791 g/mol. The first-order valence-electron chi connectivity index (χ1n) is 16.8. The number of ether oxygens (including phenoxy) is 7. The zero-order valence-corrected chi connectivity index (χ0v) is 28.4. The van der Waals surface area contributed by atoms with Gasteiger partial charge in [-0.15, -0.1) is 0 Å². The van der Waals surface area contributed by atoms with Crippen LogP contribution in [0.5, 0.6) is 34.5 Å². The molecule has 55 heavy (non-hydrogen) atoms. The molecule has 4 aliphatic heterocycles. The van der Waals surface area contributed by atoms with Crippen LogP contribution in [-0.4, -0.2) is 193 Å². The van der Waals surface area contributed by atoms with Gasteiger partial charge in [0, 0.05) is 12.1 Å². The highest BCUT2D eigenvalue weighted by atomic mass is 16.7. The van der Waals surface area contributed by atoms with E-state index in [-0.39, 0.29) is 28.4 Å². The molecule has 3 saturated heterocycles. The third kappa shape index (κ3) is 7.80. The van der Waals surface area contributed by atoms with Crippen LogP contribution >= 0.6 is 0 Å². The Bertz CT molecular complexity index is 1680. The van der Waals surface area contributed by atoms with Crippen molar-refractivity contribution in [1.82, 2.24) is 0 Å². The van der Waals surface area contributed by atoms with Crippen LogP contribution in [0.2, 0.25) is 0 Å². The van der Waals surface area contributed by atoms with E-state index >= 15 is 0 Å². The minimum absolute atomic E-state index is 0.0576. The molecule has 4 aliphatic rings. The minimum Gasteiger partial charge on any atom is -0.571 e. The fraction of sp³-hybridized carbons (Fsp3) is 0.576. The topological polar surface area (TPSA) is 372 Å². The van der Waals surface area contributed by atoms with Gasteiger partial charge in [-0.2, -0.15) is 0 Å². The van der Waals surface area contributed by atoms with Crippen LogP contribution in [0, 0.1) is 0 Å². The summed E-state index contributed by atoms with van der Waals surface area (Å²) in [5.41, 5.74) is -0.145. The predicted molar refractivity (Wildman–Crippen MR) is 174 cm³/mol. The number of aliphatic hydroxyl groups excluding tert-OH is 12. The Balaban J connectivity index is 1.37. The van der Waals surface area contributed by atoms with Gasteiger partial charge in [-0.25, -0.2) is 0 Å². The summed E-state index contributed by atoms with van der Waals surface area (Å²) in [6.45, 7) is -2.36. The van der Waals surface area contributed by atoms with Gasteiger partial charge < -0.3 is 110 Å². The van der Waals surface area contributed by atoms with Crippen LogP contribution in [0.3, 0.4) is 0 Å². The summed E-state index contributed by atoms with van der Waals surface area (Å²) >= 11 is 0. The van der Waals surface area contributed by atoms with Crippen molar-refractivity contribution in [2.75, 3.05) is 19.8 Å². The van der Waals surface area contributed by atoms with Crippen molar-refractivity contribution < 1.29 is 110 Å². The number of hydrogen-bond donors (Lipinski definition) is 15. The molecule has 0 radical (unpaired) electrons. The molecule has 0 bridgehead atoms. The summed E-state index contributed by atoms with van der Waals surface area (Å²) in [5.74, 6) is -3.43. The second-order valence-electron chi connectivity index (χ2n) is 13.3. The Morgan fingerprint density at radius 2 is 1.00 bits per heavy atom. The molecule has 16 unspecified atom stereocenters. The van der Waals surface area contributed by atoms with Gasteiger partial charge in [0.05, 0.1) is 31.5 Å². The molecule has 22 heteroatoms. The molecule has 4 heterocycles. The number of fused-ring (bicyclic) bond motifs is 1. The first-order chi connectivity index (χ1) is 26.1. The minimum atomic E-state index is -1.93. The van der Waals surface area contributed by atoms with Gasteiger partial charge in [-0.05, 0) is 12.1 Å². The van der Waals surface area contributed by atoms with E-state index in [4.69, 9.17) is 28.4 Å². The van der Waals surface area contributed by atoms with E-state index in [0.717, 1.165) is 18.2 Å². The summed E-state index contributed by atoms with van der Waals surface area (Å²) < 4.78 is 38.0. The van der Waals surface area contributed by atoms with E-state index in [1.54, 1.807) is 0 Å². The third-order valence-electron chi connectivity index (χ3n) is 9.62. The Hall–Kier alpha value is -3.82. The Kier molecular flexibility index (Phi) is 12.1. The smallest absolute Gasteiger partial charge is 0.270 e. The molecule has 0 spiro atoms. The van der Waals surface area contributed by atoms with Crippen molar-refractivity contribution in [2.45, 2.75) is 98.2 Å². The molecule has 0 aliphatic carbocycles. The largest absolute Gasteiger partial charge is 0.571 e. The van der Waals surface area contributed by atoms with Gasteiger partial charge >= 0.3 is 0 Å². The van der Waals surface area contributed by atoms with Crippen molar-refractivity contribution in [3.05, 3.63) is 41.2 Å². The van der Waals surface area contributed by atoms with Crippen molar-refractivity contribution in [3.63, 3.8) is 0 Å². The summed E-state index contributed by atoms with van der Waals surface area (Å²) in [7, 11) is 0. The summed E-state index contributed by atoms with van der Waals surface area (Å²) in [5, 5.41) is 154. The molecular formula is C33H43O22+. The van der Waals surface area contributed by atoms with Gasteiger partial charge in [0.15, 0.2) is 17.3 Å². The van der Waals surface area contributed by atoms with E-state index in [1.807, 2.05) is 0 Å². The van der Waals surface area contributed by atoms with Crippen molar-refractivity contribution in [2.24, 2.45) is 0 Å². The molecule has 16 atom stereocenters. The number of phenols is 3. The van der Waals surface area contributed by atoms with Crippen molar-refractivity contribution in [1.29, 1.82) is 0 Å². The molecule has 6 rings (SSSR count). The maximum atomic E-state index is 11.1. The lowest BCUT2D eigenvalue weighted by molar-refractivity contribution is -0.295. The van der Waals surface area contributed by atoms with E-state index in [2.05, 4.69) is 4.74 Å². The fourth-order valence-electron chi connectivity index (χ4n) is 6.43. The van der Waals surface area contributed by atoms with Crippen LogP contribution < -0.4 is 9.47 Å². The quantitative estimate of drug-likeness (QED) is 0.0787. The summed E-state index contributed by atoms with van der Waals surface area (Å²) in [4.78, 5) is 0. The zero-order valence-electron chi connectivity index (χ0n) is 28.4.